The topological polar surface area (TPSA) is 59.2 Å². The molecule has 1 N–H and O–H groups in total. The van der Waals surface area contributed by atoms with Crippen molar-refractivity contribution in [2.45, 2.75) is 6.61 Å². The Hall–Kier alpha value is -2.82. The molecule has 0 unspecified atom stereocenters. The highest BCUT2D eigenvalue weighted by atomic mass is 35.5. The number of allylic oxidation sites excluding steroid dienone is 4. The first-order chi connectivity index (χ1) is 13.1. The first-order valence-corrected chi connectivity index (χ1v) is 8.95. The van der Waals surface area contributed by atoms with Gasteiger partial charge in [0, 0.05) is 23.2 Å². The lowest BCUT2D eigenvalue weighted by Crippen LogP contribution is -2.13. The molecule has 0 bridgehead atoms. The van der Waals surface area contributed by atoms with Crippen LogP contribution in [0.5, 0.6) is 5.75 Å². The van der Waals surface area contributed by atoms with Gasteiger partial charge >= 0.3 is 0 Å². The zero-order valence-corrected chi connectivity index (χ0v) is 15.5. The zero-order chi connectivity index (χ0) is 19.0. The molecule has 134 valence electrons. The van der Waals surface area contributed by atoms with Crippen LogP contribution in [0.15, 0.2) is 70.9 Å². The summed E-state index contributed by atoms with van der Waals surface area (Å²) in [5.74, 6) is -0.324. The summed E-state index contributed by atoms with van der Waals surface area (Å²) in [4.78, 5) is 27.6. The number of carbonyl (C=O) groups is 2. The molecule has 1 aliphatic rings. The van der Waals surface area contributed by atoms with Gasteiger partial charge in [-0.25, -0.2) is 0 Å². The molecule has 0 atom stereocenters. The first kappa shape index (κ1) is 17.6. The summed E-state index contributed by atoms with van der Waals surface area (Å²) in [5, 5.41) is 0.437. The van der Waals surface area contributed by atoms with Crippen LogP contribution in [0, 0.1) is 0 Å². The molecule has 1 aromatic heterocycles. The third-order valence-electron chi connectivity index (χ3n) is 4.32. The standard InChI is InChI=1S/C21H13Cl2NO3/c22-15-9-16(25)19(23)18(21(15)26)14-10-24-20-13(14)7-4-8-17(20)27-11-12-5-2-1-3-6-12/h1-10,24H,11H2. The van der Waals surface area contributed by atoms with Gasteiger partial charge in [-0.2, -0.15) is 0 Å². The summed E-state index contributed by atoms with van der Waals surface area (Å²) in [6.45, 7) is 0.406. The number of ether oxygens (including phenoxy) is 1. The Labute approximate surface area is 165 Å². The predicted molar refractivity (Wildman–Crippen MR) is 106 cm³/mol. The van der Waals surface area contributed by atoms with Crippen LogP contribution in [0.25, 0.3) is 16.5 Å². The fraction of sp³-hybridized carbons (Fsp3) is 0.0476. The first-order valence-electron chi connectivity index (χ1n) is 8.19. The number of hydrogen-bond acceptors (Lipinski definition) is 3. The van der Waals surface area contributed by atoms with E-state index in [2.05, 4.69) is 4.98 Å². The lowest BCUT2D eigenvalue weighted by molar-refractivity contribution is -0.113. The average molecular weight is 398 g/mol. The van der Waals surface area contributed by atoms with E-state index in [9.17, 15) is 9.59 Å². The van der Waals surface area contributed by atoms with Crippen LogP contribution >= 0.6 is 23.2 Å². The van der Waals surface area contributed by atoms with Gasteiger partial charge < -0.3 is 9.72 Å². The smallest absolute Gasteiger partial charge is 0.206 e. The molecule has 6 heteroatoms. The number of aromatic nitrogens is 1. The molecule has 0 radical (unpaired) electrons. The van der Waals surface area contributed by atoms with Crippen molar-refractivity contribution in [3.63, 3.8) is 0 Å². The second kappa shape index (κ2) is 7.06. The Kier molecular flexibility index (Phi) is 4.60. The highest BCUT2D eigenvalue weighted by Crippen LogP contribution is 2.37. The maximum absolute atomic E-state index is 12.5. The molecular formula is C21H13Cl2NO3. The van der Waals surface area contributed by atoms with Crippen LogP contribution in [-0.4, -0.2) is 16.6 Å². The predicted octanol–water partition coefficient (Wildman–Crippen LogP) is 4.97. The summed E-state index contributed by atoms with van der Waals surface area (Å²) in [6.07, 6.45) is 2.68. The number of hydrogen-bond donors (Lipinski definition) is 1. The minimum Gasteiger partial charge on any atom is -0.487 e. The van der Waals surface area contributed by atoms with Crippen molar-refractivity contribution in [2.75, 3.05) is 0 Å². The second-order valence-corrected chi connectivity index (χ2v) is 6.82. The largest absolute Gasteiger partial charge is 0.487 e. The van der Waals surface area contributed by atoms with Crippen molar-refractivity contribution in [1.82, 2.24) is 4.98 Å². The van der Waals surface area contributed by atoms with E-state index in [1.807, 2.05) is 48.5 Å². The molecule has 0 saturated carbocycles. The minimum absolute atomic E-state index is 0.0978. The Morgan fingerprint density at radius 1 is 0.963 bits per heavy atom. The number of halogens is 2. The van der Waals surface area contributed by atoms with Crippen molar-refractivity contribution in [2.24, 2.45) is 0 Å². The van der Waals surface area contributed by atoms with Crippen LogP contribution < -0.4 is 4.74 Å². The van der Waals surface area contributed by atoms with Crippen LogP contribution in [0.2, 0.25) is 0 Å². The van der Waals surface area contributed by atoms with E-state index < -0.39 is 11.6 Å². The molecule has 0 amide bonds. The number of Topliss-reactive ketones (excluding diaryl/α,β-unsaturated/α-hetero) is 1. The number of ketones is 2. The Morgan fingerprint density at radius 2 is 1.74 bits per heavy atom. The van der Waals surface area contributed by atoms with E-state index in [0.717, 1.165) is 17.0 Å². The summed E-state index contributed by atoms with van der Waals surface area (Å²) >= 11 is 12.0. The normalized spacial score (nSPS) is 14.7. The summed E-state index contributed by atoms with van der Waals surface area (Å²) < 4.78 is 5.93. The number of nitrogens with one attached hydrogen (secondary N) is 1. The van der Waals surface area contributed by atoms with E-state index in [0.29, 0.717) is 23.4 Å². The van der Waals surface area contributed by atoms with E-state index in [-0.39, 0.29) is 15.6 Å². The van der Waals surface area contributed by atoms with E-state index in [1.165, 1.54) is 0 Å². The number of carbonyl (C=O) groups excluding carboxylic acids is 2. The minimum atomic E-state index is -0.484. The SMILES string of the molecule is O=C1C=C(Cl)C(=O)C(c2c[nH]c3c(OCc4ccccc4)cccc23)=C1Cl. The molecular weight excluding hydrogens is 385 g/mol. The Morgan fingerprint density at radius 3 is 2.52 bits per heavy atom. The summed E-state index contributed by atoms with van der Waals surface area (Å²) in [6, 6.07) is 15.3. The van der Waals surface area contributed by atoms with Crippen LogP contribution in [0.3, 0.4) is 0 Å². The zero-order valence-electron chi connectivity index (χ0n) is 14.0. The van der Waals surface area contributed by atoms with Crippen LogP contribution in [0.4, 0.5) is 0 Å². The molecule has 0 spiro atoms. The van der Waals surface area contributed by atoms with Gasteiger partial charge in [0.1, 0.15) is 12.4 Å². The maximum Gasteiger partial charge on any atom is 0.206 e. The number of fused-ring (bicyclic) bond motifs is 1. The van der Waals surface area contributed by atoms with Gasteiger partial charge in [-0.05, 0) is 11.6 Å². The van der Waals surface area contributed by atoms with Gasteiger partial charge in [0.05, 0.1) is 21.2 Å². The molecule has 1 heterocycles. The second-order valence-electron chi connectivity index (χ2n) is 6.03. The van der Waals surface area contributed by atoms with Crippen molar-refractivity contribution < 1.29 is 14.3 Å². The molecule has 4 nitrogen and oxygen atoms in total. The fourth-order valence-electron chi connectivity index (χ4n) is 3.02. The average Bonchev–Trinajstić information content (AvgIpc) is 3.10. The maximum atomic E-state index is 12.5. The lowest BCUT2D eigenvalue weighted by atomic mass is 9.95. The van der Waals surface area contributed by atoms with Crippen LogP contribution in [0.1, 0.15) is 11.1 Å². The van der Waals surface area contributed by atoms with Crippen molar-refractivity contribution in [1.29, 1.82) is 0 Å². The fourth-order valence-corrected chi connectivity index (χ4v) is 3.45. The number of aromatic amines is 1. The quantitative estimate of drug-likeness (QED) is 0.632. The molecule has 2 aromatic carbocycles. The van der Waals surface area contributed by atoms with Gasteiger partial charge in [0.15, 0.2) is 5.78 Å². The van der Waals surface area contributed by atoms with Crippen molar-refractivity contribution >= 4 is 51.2 Å². The van der Waals surface area contributed by atoms with Crippen molar-refractivity contribution in [3.8, 4) is 5.75 Å². The summed E-state index contributed by atoms with van der Waals surface area (Å²) in [7, 11) is 0. The Balaban J connectivity index is 1.74. The molecule has 4 rings (SSSR count). The van der Waals surface area contributed by atoms with Gasteiger partial charge in [0.2, 0.25) is 5.78 Å². The van der Waals surface area contributed by atoms with E-state index in [4.69, 9.17) is 27.9 Å². The molecule has 0 saturated heterocycles. The van der Waals surface area contributed by atoms with Gasteiger partial charge in [0.25, 0.3) is 0 Å². The Bertz CT molecular complexity index is 1130. The third kappa shape index (κ3) is 3.18. The van der Waals surface area contributed by atoms with Gasteiger partial charge in [-0.15, -0.1) is 0 Å². The molecule has 3 aromatic rings. The number of para-hydroxylation sites is 1. The lowest BCUT2D eigenvalue weighted by Gasteiger charge is -2.12. The van der Waals surface area contributed by atoms with E-state index in [1.54, 1.807) is 6.20 Å². The van der Waals surface area contributed by atoms with Crippen molar-refractivity contribution in [3.05, 3.63) is 82.0 Å². The molecule has 27 heavy (non-hydrogen) atoms. The molecule has 0 aliphatic heterocycles. The monoisotopic (exact) mass is 397 g/mol. The third-order valence-corrected chi connectivity index (χ3v) is 4.98. The molecule has 1 aliphatic carbocycles. The number of H-pyrrole nitrogens is 1. The number of rotatable bonds is 4. The van der Waals surface area contributed by atoms with Gasteiger partial charge in [-0.1, -0.05) is 65.7 Å². The number of benzene rings is 2. The van der Waals surface area contributed by atoms with Crippen LogP contribution in [-0.2, 0) is 16.2 Å². The van der Waals surface area contributed by atoms with Gasteiger partial charge in [-0.3, -0.25) is 9.59 Å². The molecule has 0 fully saturated rings. The highest BCUT2D eigenvalue weighted by Gasteiger charge is 2.29. The summed E-state index contributed by atoms with van der Waals surface area (Å²) in [5.41, 5.74) is 2.37. The highest BCUT2D eigenvalue weighted by molar-refractivity contribution is 6.62. The van der Waals surface area contributed by atoms with E-state index >= 15 is 0 Å².